The molecule has 1 aromatic carbocycles. The molecule has 7 heteroatoms. The highest BCUT2D eigenvalue weighted by atomic mass is 79.9. The first-order chi connectivity index (χ1) is 10.7. The maximum Gasteiger partial charge on any atom is 0.195 e. The van der Waals surface area contributed by atoms with Gasteiger partial charge in [-0.15, -0.1) is 11.8 Å². The van der Waals surface area contributed by atoms with E-state index in [4.69, 9.17) is 16.6 Å². The molecule has 0 fully saturated rings. The van der Waals surface area contributed by atoms with Crippen LogP contribution in [-0.2, 0) is 18.1 Å². The first kappa shape index (κ1) is 15.6. The molecule has 0 saturated carbocycles. The summed E-state index contributed by atoms with van der Waals surface area (Å²) >= 11 is 10.7. The second-order valence-electron chi connectivity index (χ2n) is 4.69. The molecule has 3 rings (SSSR count). The van der Waals surface area contributed by atoms with E-state index in [1.54, 1.807) is 18.0 Å². The molecule has 0 aliphatic carbocycles. The number of hydrogen-bond donors (Lipinski definition) is 1. The highest BCUT2D eigenvalue weighted by Crippen LogP contribution is 2.23. The molecule has 3 aromatic rings. The third-order valence-corrected chi connectivity index (χ3v) is 5.24. The minimum absolute atomic E-state index is 0.604. The van der Waals surface area contributed by atoms with Crippen molar-refractivity contribution in [1.82, 2.24) is 14.8 Å². The number of halogens is 1. The SMILES string of the molecule is S=c1[nH]nc(CSCc2ccccc2Br)n1Cc1ccco1. The van der Waals surface area contributed by atoms with Gasteiger partial charge in [-0.1, -0.05) is 34.1 Å². The van der Waals surface area contributed by atoms with Crippen molar-refractivity contribution in [2.24, 2.45) is 0 Å². The standard InChI is InChI=1S/C15H14BrN3OS2/c16-13-6-2-1-4-11(13)9-22-10-14-17-18-15(21)19(14)8-12-5-3-7-20-12/h1-7H,8-10H2,(H,18,21). The molecule has 0 aliphatic heterocycles. The molecule has 0 saturated heterocycles. The van der Waals surface area contributed by atoms with Crippen LogP contribution in [-0.4, -0.2) is 14.8 Å². The first-order valence-corrected chi connectivity index (χ1v) is 9.07. The van der Waals surface area contributed by atoms with Gasteiger partial charge in [-0.05, 0) is 36.0 Å². The van der Waals surface area contributed by atoms with Crippen LogP contribution in [0.25, 0.3) is 0 Å². The van der Waals surface area contributed by atoms with Gasteiger partial charge in [0.15, 0.2) is 4.77 Å². The molecule has 4 nitrogen and oxygen atoms in total. The first-order valence-electron chi connectivity index (χ1n) is 6.71. The number of aromatic nitrogens is 3. The zero-order chi connectivity index (χ0) is 15.4. The van der Waals surface area contributed by atoms with Gasteiger partial charge >= 0.3 is 0 Å². The molecule has 0 unspecified atom stereocenters. The Morgan fingerprint density at radius 2 is 2.09 bits per heavy atom. The van der Waals surface area contributed by atoms with Crippen molar-refractivity contribution >= 4 is 39.9 Å². The van der Waals surface area contributed by atoms with Gasteiger partial charge in [0.25, 0.3) is 0 Å². The summed E-state index contributed by atoms with van der Waals surface area (Å²) in [6, 6.07) is 12.1. The summed E-state index contributed by atoms with van der Waals surface area (Å²) in [6.07, 6.45) is 1.67. The molecule has 1 N–H and O–H groups in total. The van der Waals surface area contributed by atoms with E-state index in [9.17, 15) is 0 Å². The van der Waals surface area contributed by atoms with E-state index in [-0.39, 0.29) is 0 Å². The van der Waals surface area contributed by atoms with Gasteiger partial charge in [-0.3, -0.25) is 9.67 Å². The third kappa shape index (κ3) is 3.71. The van der Waals surface area contributed by atoms with Crippen molar-refractivity contribution in [3.63, 3.8) is 0 Å². The fraction of sp³-hybridized carbons (Fsp3) is 0.200. The summed E-state index contributed by atoms with van der Waals surface area (Å²) in [7, 11) is 0. The minimum Gasteiger partial charge on any atom is -0.467 e. The van der Waals surface area contributed by atoms with Gasteiger partial charge in [0.1, 0.15) is 11.6 Å². The number of thioether (sulfide) groups is 1. The number of nitrogens with zero attached hydrogens (tertiary/aromatic N) is 2. The number of furan rings is 1. The largest absolute Gasteiger partial charge is 0.467 e. The fourth-order valence-corrected chi connectivity index (χ4v) is 3.85. The second kappa shape index (κ2) is 7.30. The Morgan fingerprint density at radius 1 is 1.23 bits per heavy atom. The maximum absolute atomic E-state index is 5.38. The monoisotopic (exact) mass is 395 g/mol. The molecule has 114 valence electrons. The zero-order valence-electron chi connectivity index (χ0n) is 11.7. The molecule has 22 heavy (non-hydrogen) atoms. The van der Waals surface area contributed by atoms with E-state index in [1.807, 2.05) is 28.8 Å². The molecular formula is C15H14BrN3OS2. The molecule has 0 aliphatic rings. The Hall–Kier alpha value is -1.31. The molecular weight excluding hydrogens is 382 g/mol. The quantitative estimate of drug-likeness (QED) is 0.610. The van der Waals surface area contributed by atoms with E-state index in [2.05, 4.69) is 38.3 Å². The maximum atomic E-state index is 5.38. The lowest BCUT2D eigenvalue weighted by Crippen LogP contribution is -2.04. The fourth-order valence-electron chi connectivity index (χ4n) is 2.05. The van der Waals surface area contributed by atoms with Crippen LogP contribution < -0.4 is 0 Å². The summed E-state index contributed by atoms with van der Waals surface area (Å²) in [5, 5.41) is 7.18. The highest BCUT2D eigenvalue weighted by molar-refractivity contribution is 9.10. The normalized spacial score (nSPS) is 11.0. The van der Waals surface area contributed by atoms with Crippen molar-refractivity contribution < 1.29 is 4.42 Å². The number of H-pyrrole nitrogens is 1. The summed E-state index contributed by atoms with van der Waals surface area (Å²) in [4.78, 5) is 0. The Bertz CT molecular complexity index is 795. The lowest BCUT2D eigenvalue weighted by molar-refractivity contribution is 0.489. The van der Waals surface area contributed by atoms with Crippen molar-refractivity contribution in [2.75, 3.05) is 0 Å². The topological polar surface area (TPSA) is 46.8 Å². The van der Waals surface area contributed by atoms with E-state index >= 15 is 0 Å². The van der Waals surface area contributed by atoms with Crippen molar-refractivity contribution in [3.05, 3.63) is 69.1 Å². The summed E-state index contributed by atoms with van der Waals surface area (Å²) in [5.74, 6) is 3.50. The summed E-state index contributed by atoms with van der Waals surface area (Å²) in [6.45, 7) is 0.604. The Kier molecular flexibility index (Phi) is 5.17. The van der Waals surface area contributed by atoms with E-state index in [1.165, 1.54) is 5.56 Å². The molecule has 0 spiro atoms. The molecule has 0 atom stereocenters. The Balaban J connectivity index is 1.66. The number of aromatic amines is 1. The van der Waals surface area contributed by atoms with Gasteiger partial charge in [-0.25, -0.2) is 0 Å². The van der Waals surface area contributed by atoms with E-state index in [0.29, 0.717) is 11.3 Å². The van der Waals surface area contributed by atoms with Crippen LogP contribution in [0.2, 0.25) is 0 Å². The average Bonchev–Trinajstić information content (AvgIpc) is 3.14. The Morgan fingerprint density at radius 3 is 2.86 bits per heavy atom. The zero-order valence-corrected chi connectivity index (χ0v) is 14.9. The van der Waals surface area contributed by atoms with Crippen LogP contribution >= 0.6 is 39.9 Å². The van der Waals surface area contributed by atoms with Gasteiger partial charge in [0, 0.05) is 10.2 Å². The smallest absolute Gasteiger partial charge is 0.195 e. The number of hydrogen-bond acceptors (Lipinski definition) is 4. The molecule has 2 aromatic heterocycles. The van der Waals surface area contributed by atoms with Crippen LogP contribution in [0.15, 0.2) is 51.6 Å². The predicted octanol–water partition coefficient (Wildman–Crippen LogP) is 4.78. The number of benzene rings is 1. The third-order valence-electron chi connectivity index (χ3n) is 3.18. The Labute approximate surface area is 146 Å². The van der Waals surface area contributed by atoms with Crippen molar-refractivity contribution in [3.8, 4) is 0 Å². The minimum atomic E-state index is 0.604. The van der Waals surface area contributed by atoms with Gasteiger partial charge in [-0.2, -0.15) is 5.10 Å². The van der Waals surface area contributed by atoms with E-state index < -0.39 is 0 Å². The lowest BCUT2D eigenvalue weighted by atomic mass is 10.2. The predicted molar refractivity (Wildman–Crippen MR) is 94.4 cm³/mol. The van der Waals surface area contributed by atoms with Gasteiger partial charge < -0.3 is 4.42 Å². The van der Waals surface area contributed by atoms with Crippen LogP contribution in [0.5, 0.6) is 0 Å². The molecule has 2 heterocycles. The van der Waals surface area contributed by atoms with Crippen LogP contribution in [0.4, 0.5) is 0 Å². The van der Waals surface area contributed by atoms with Gasteiger partial charge in [0.05, 0.1) is 18.6 Å². The van der Waals surface area contributed by atoms with Crippen LogP contribution in [0.1, 0.15) is 17.1 Å². The van der Waals surface area contributed by atoms with Crippen molar-refractivity contribution in [2.45, 2.75) is 18.1 Å². The van der Waals surface area contributed by atoms with Crippen LogP contribution in [0, 0.1) is 4.77 Å². The summed E-state index contributed by atoms with van der Waals surface area (Å²) < 4.78 is 9.11. The molecule has 0 amide bonds. The van der Waals surface area contributed by atoms with Crippen LogP contribution in [0.3, 0.4) is 0 Å². The summed E-state index contributed by atoms with van der Waals surface area (Å²) in [5.41, 5.74) is 1.28. The highest BCUT2D eigenvalue weighted by Gasteiger charge is 2.09. The molecule has 0 radical (unpaired) electrons. The average molecular weight is 396 g/mol. The van der Waals surface area contributed by atoms with Gasteiger partial charge in [0.2, 0.25) is 0 Å². The lowest BCUT2D eigenvalue weighted by Gasteiger charge is -2.06. The second-order valence-corrected chi connectivity index (χ2v) is 6.92. The number of rotatable bonds is 6. The van der Waals surface area contributed by atoms with E-state index in [0.717, 1.165) is 27.6 Å². The molecule has 0 bridgehead atoms. The number of nitrogens with one attached hydrogen (secondary N) is 1. The van der Waals surface area contributed by atoms with Crippen molar-refractivity contribution in [1.29, 1.82) is 0 Å².